The van der Waals surface area contributed by atoms with Crippen LogP contribution in [0.25, 0.3) is 0 Å². The number of hydrogen-bond acceptors (Lipinski definition) is 4. The zero-order valence-electron chi connectivity index (χ0n) is 9.78. The number of nitrogens with one attached hydrogen (secondary N) is 1. The fraction of sp³-hybridized carbons (Fsp3) is 0.455. The molecule has 6 heteroatoms. The second-order valence-corrected chi connectivity index (χ2v) is 3.80. The fourth-order valence-corrected chi connectivity index (χ4v) is 1.40. The lowest BCUT2D eigenvalue weighted by atomic mass is 10.4. The molecule has 94 valence electrons. The van der Waals surface area contributed by atoms with Gasteiger partial charge in [-0.25, -0.2) is 4.68 Å². The largest absolute Gasteiger partial charge is 0.380 e. The van der Waals surface area contributed by atoms with Gasteiger partial charge in [-0.3, -0.25) is 4.79 Å². The highest BCUT2D eigenvalue weighted by atomic mass is 35.5. The van der Waals surface area contributed by atoms with Crippen LogP contribution in [0, 0.1) is 0 Å². The third kappa shape index (κ3) is 4.20. The lowest BCUT2D eigenvalue weighted by molar-refractivity contribution is 0.149. The lowest BCUT2D eigenvalue weighted by Gasteiger charge is -2.08. The summed E-state index contributed by atoms with van der Waals surface area (Å²) in [5, 5.41) is 7.02. The van der Waals surface area contributed by atoms with E-state index < -0.39 is 0 Å². The number of ether oxygens (including phenoxy) is 1. The van der Waals surface area contributed by atoms with Crippen molar-refractivity contribution in [2.45, 2.75) is 6.42 Å². The number of halogens is 1. The summed E-state index contributed by atoms with van der Waals surface area (Å²) in [4.78, 5) is 11.4. The molecule has 0 unspecified atom stereocenters. The normalized spacial score (nSPS) is 10.2. The van der Waals surface area contributed by atoms with Gasteiger partial charge in [0.15, 0.2) is 0 Å². The number of aryl methyl sites for hydroxylation is 1. The van der Waals surface area contributed by atoms with Crippen molar-refractivity contribution in [3.8, 4) is 0 Å². The lowest BCUT2D eigenvalue weighted by Crippen LogP contribution is -2.22. The summed E-state index contributed by atoms with van der Waals surface area (Å²) in [6, 6.07) is 0. The van der Waals surface area contributed by atoms with Crippen LogP contribution in [0.2, 0.25) is 5.02 Å². The summed E-state index contributed by atoms with van der Waals surface area (Å²) in [5.41, 5.74) is 0.214. The van der Waals surface area contributed by atoms with Gasteiger partial charge in [0.2, 0.25) is 0 Å². The van der Waals surface area contributed by atoms with E-state index in [1.54, 1.807) is 13.1 Å². The van der Waals surface area contributed by atoms with E-state index in [2.05, 4.69) is 17.0 Å². The molecular weight excluding hydrogens is 242 g/mol. The van der Waals surface area contributed by atoms with Gasteiger partial charge in [-0.15, -0.1) is 6.58 Å². The molecule has 0 bridgehead atoms. The molecule has 0 fully saturated rings. The van der Waals surface area contributed by atoms with Crippen molar-refractivity contribution < 1.29 is 4.74 Å². The van der Waals surface area contributed by atoms with Crippen molar-refractivity contribution in [3.63, 3.8) is 0 Å². The highest BCUT2D eigenvalue weighted by molar-refractivity contribution is 6.32. The predicted octanol–water partition coefficient (Wildman–Crippen LogP) is 1.44. The van der Waals surface area contributed by atoms with Crippen LogP contribution < -0.4 is 10.9 Å². The van der Waals surface area contributed by atoms with Gasteiger partial charge in [-0.05, 0) is 6.42 Å². The minimum absolute atomic E-state index is 0.147. The molecule has 0 spiro atoms. The number of rotatable bonds is 7. The predicted molar refractivity (Wildman–Crippen MR) is 68.6 cm³/mol. The van der Waals surface area contributed by atoms with Gasteiger partial charge in [-0.2, -0.15) is 5.10 Å². The van der Waals surface area contributed by atoms with Crippen molar-refractivity contribution in [2.75, 3.05) is 25.1 Å². The van der Waals surface area contributed by atoms with E-state index in [1.807, 2.05) is 0 Å². The fourth-order valence-electron chi connectivity index (χ4n) is 1.16. The topological polar surface area (TPSA) is 56.1 Å². The van der Waals surface area contributed by atoms with Crippen LogP contribution in [0.5, 0.6) is 0 Å². The van der Waals surface area contributed by atoms with Crippen LogP contribution in [-0.4, -0.2) is 29.5 Å². The molecular formula is C11H16ClN3O2. The number of aromatic nitrogens is 2. The summed E-state index contributed by atoms with van der Waals surface area (Å²) < 4.78 is 6.50. The summed E-state index contributed by atoms with van der Waals surface area (Å²) >= 11 is 5.87. The van der Waals surface area contributed by atoms with Gasteiger partial charge in [0, 0.05) is 13.6 Å². The van der Waals surface area contributed by atoms with Gasteiger partial charge >= 0.3 is 0 Å². The van der Waals surface area contributed by atoms with Crippen molar-refractivity contribution in [1.29, 1.82) is 0 Å². The van der Waals surface area contributed by atoms with E-state index in [0.29, 0.717) is 25.4 Å². The van der Waals surface area contributed by atoms with Crippen molar-refractivity contribution in [1.82, 2.24) is 9.78 Å². The standard InChI is InChI=1S/C11H16ClN3O2/c1-3-4-6-17-7-5-13-9-8-14-15(2)11(16)10(9)12/h3,8,13H,1,4-7H2,2H3. The average Bonchev–Trinajstić information content (AvgIpc) is 2.33. The Labute approximate surface area is 105 Å². The highest BCUT2D eigenvalue weighted by Crippen LogP contribution is 2.14. The first-order valence-corrected chi connectivity index (χ1v) is 5.69. The van der Waals surface area contributed by atoms with E-state index >= 15 is 0 Å². The van der Waals surface area contributed by atoms with Crippen LogP contribution in [0.15, 0.2) is 23.6 Å². The molecule has 0 aliphatic rings. The Morgan fingerprint density at radius 3 is 3.12 bits per heavy atom. The van der Waals surface area contributed by atoms with E-state index in [4.69, 9.17) is 16.3 Å². The summed E-state index contributed by atoms with van der Waals surface area (Å²) in [5.74, 6) is 0. The van der Waals surface area contributed by atoms with Gasteiger partial charge in [0.05, 0.1) is 25.1 Å². The zero-order chi connectivity index (χ0) is 12.7. The Hall–Kier alpha value is -1.33. The molecule has 0 aliphatic carbocycles. The second kappa shape index (κ2) is 7.09. The molecule has 0 radical (unpaired) electrons. The SMILES string of the molecule is C=CCCOCCNc1cnn(C)c(=O)c1Cl. The van der Waals surface area contributed by atoms with E-state index in [-0.39, 0.29) is 10.6 Å². The molecule has 0 aromatic carbocycles. The van der Waals surface area contributed by atoms with Gasteiger partial charge in [0.25, 0.3) is 5.56 Å². The molecule has 1 rings (SSSR count). The molecule has 1 heterocycles. The first-order chi connectivity index (χ1) is 8.16. The van der Waals surface area contributed by atoms with Crippen molar-refractivity contribution >= 4 is 17.3 Å². The number of nitrogens with zero attached hydrogens (tertiary/aromatic N) is 2. The molecule has 0 saturated heterocycles. The summed E-state index contributed by atoms with van der Waals surface area (Å²) in [6.45, 7) is 5.36. The quantitative estimate of drug-likeness (QED) is 0.593. The Balaban J connectivity index is 2.40. The first kappa shape index (κ1) is 13.7. The van der Waals surface area contributed by atoms with E-state index in [0.717, 1.165) is 6.42 Å². The van der Waals surface area contributed by atoms with Crippen LogP contribution in [0.3, 0.4) is 0 Å². The maximum Gasteiger partial charge on any atom is 0.287 e. The summed E-state index contributed by atoms with van der Waals surface area (Å²) in [7, 11) is 1.55. The molecule has 0 atom stereocenters. The molecule has 0 amide bonds. The number of anilines is 1. The highest BCUT2D eigenvalue weighted by Gasteiger charge is 2.05. The number of hydrogen-bond donors (Lipinski definition) is 1. The Morgan fingerprint density at radius 1 is 1.65 bits per heavy atom. The van der Waals surface area contributed by atoms with Crippen LogP contribution in [0.1, 0.15) is 6.42 Å². The third-order valence-corrected chi connectivity index (χ3v) is 2.47. The molecule has 1 aromatic heterocycles. The van der Waals surface area contributed by atoms with E-state index in [1.165, 1.54) is 10.9 Å². The van der Waals surface area contributed by atoms with Gasteiger partial charge in [-0.1, -0.05) is 17.7 Å². The Kier molecular flexibility index (Phi) is 5.72. The molecule has 17 heavy (non-hydrogen) atoms. The van der Waals surface area contributed by atoms with Crippen molar-refractivity contribution in [2.24, 2.45) is 7.05 Å². The van der Waals surface area contributed by atoms with E-state index in [9.17, 15) is 4.79 Å². The Bertz CT molecular complexity index is 431. The minimum Gasteiger partial charge on any atom is -0.380 e. The third-order valence-electron chi connectivity index (χ3n) is 2.11. The molecule has 0 aliphatic heterocycles. The van der Waals surface area contributed by atoms with Gasteiger partial charge < -0.3 is 10.1 Å². The van der Waals surface area contributed by atoms with Crippen molar-refractivity contribution in [3.05, 3.63) is 34.2 Å². The molecule has 1 N–H and O–H groups in total. The zero-order valence-corrected chi connectivity index (χ0v) is 10.5. The first-order valence-electron chi connectivity index (χ1n) is 5.31. The maximum absolute atomic E-state index is 11.4. The van der Waals surface area contributed by atoms with Crippen LogP contribution in [0.4, 0.5) is 5.69 Å². The Morgan fingerprint density at radius 2 is 2.41 bits per heavy atom. The van der Waals surface area contributed by atoms with Crippen LogP contribution in [-0.2, 0) is 11.8 Å². The minimum atomic E-state index is -0.316. The molecule has 0 saturated carbocycles. The second-order valence-electron chi connectivity index (χ2n) is 3.42. The average molecular weight is 258 g/mol. The maximum atomic E-state index is 11.4. The monoisotopic (exact) mass is 257 g/mol. The molecule has 5 nitrogen and oxygen atoms in total. The smallest absolute Gasteiger partial charge is 0.287 e. The summed E-state index contributed by atoms with van der Waals surface area (Å²) in [6.07, 6.45) is 4.15. The molecule has 1 aromatic rings. The van der Waals surface area contributed by atoms with Crippen LogP contribution >= 0.6 is 11.6 Å². The van der Waals surface area contributed by atoms with Gasteiger partial charge in [0.1, 0.15) is 5.02 Å².